The van der Waals surface area contributed by atoms with Crippen LogP contribution in [0.4, 0.5) is 10.8 Å². The van der Waals surface area contributed by atoms with Crippen LogP contribution >= 0.6 is 11.3 Å². The molecule has 6 heteroatoms. The Hall–Kier alpha value is -1.95. The lowest BCUT2D eigenvalue weighted by Crippen LogP contribution is -2.16. The van der Waals surface area contributed by atoms with E-state index < -0.39 is 0 Å². The summed E-state index contributed by atoms with van der Waals surface area (Å²) in [5.41, 5.74) is 2.35. The molecule has 0 saturated carbocycles. The van der Waals surface area contributed by atoms with Crippen LogP contribution in [0.2, 0.25) is 0 Å². The SMILES string of the molecule is CCc1nnc(NC(=O)CC2CNc3ccccc32)s1. The van der Waals surface area contributed by atoms with E-state index >= 15 is 0 Å². The van der Waals surface area contributed by atoms with Crippen LogP contribution in [0.3, 0.4) is 0 Å². The number of nitrogens with zero attached hydrogens (tertiary/aromatic N) is 2. The molecule has 2 aromatic rings. The summed E-state index contributed by atoms with van der Waals surface area (Å²) in [6.07, 6.45) is 1.30. The average Bonchev–Trinajstić information content (AvgIpc) is 3.06. The minimum Gasteiger partial charge on any atom is -0.384 e. The number of nitrogens with one attached hydrogen (secondary N) is 2. The standard InChI is InChI=1S/C14H16N4OS/c1-2-13-17-18-14(20-13)16-12(19)7-9-8-15-11-6-4-3-5-10(9)11/h3-6,9,15H,2,7-8H2,1H3,(H,16,18,19). The van der Waals surface area contributed by atoms with Crippen LogP contribution in [0.15, 0.2) is 24.3 Å². The molecule has 104 valence electrons. The van der Waals surface area contributed by atoms with Gasteiger partial charge >= 0.3 is 0 Å². The molecule has 1 amide bonds. The molecule has 1 unspecified atom stereocenters. The van der Waals surface area contributed by atoms with E-state index in [-0.39, 0.29) is 11.8 Å². The zero-order valence-electron chi connectivity index (χ0n) is 11.2. The Bertz CT molecular complexity index is 625. The van der Waals surface area contributed by atoms with Gasteiger partial charge in [0.2, 0.25) is 11.0 Å². The quantitative estimate of drug-likeness (QED) is 0.907. The van der Waals surface area contributed by atoms with E-state index in [9.17, 15) is 4.79 Å². The molecule has 0 fully saturated rings. The number of hydrogen-bond acceptors (Lipinski definition) is 5. The van der Waals surface area contributed by atoms with Crippen molar-refractivity contribution in [2.24, 2.45) is 0 Å². The molecule has 1 aromatic carbocycles. The number of carbonyl (C=O) groups is 1. The summed E-state index contributed by atoms with van der Waals surface area (Å²) in [5, 5.41) is 15.7. The first-order valence-corrected chi connectivity index (χ1v) is 7.53. The van der Waals surface area contributed by atoms with Crippen LogP contribution < -0.4 is 10.6 Å². The first kappa shape index (κ1) is 13.1. The van der Waals surface area contributed by atoms with Crippen molar-refractivity contribution in [2.75, 3.05) is 17.2 Å². The number of anilines is 2. The third kappa shape index (κ3) is 2.65. The van der Waals surface area contributed by atoms with Gasteiger partial charge in [0.05, 0.1) is 0 Å². The van der Waals surface area contributed by atoms with E-state index in [0.29, 0.717) is 11.6 Å². The number of hydrogen-bond donors (Lipinski definition) is 2. The van der Waals surface area contributed by atoms with Crippen LogP contribution in [0.25, 0.3) is 0 Å². The van der Waals surface area contributed by atoms with Crippen LogP contribution in [0.1, 0.15) is 29.8 Å². The second-order valence-corrected chi connectivity index (χ2v) is 5.83. The lowest BCUT2D eigenvalue weighted by Gasteiger charge is -2.08. The Morgan fingerprint density at radius 1 is 1.45 bits per heavy atom. The molecule has 20 heavy (non-hydrogen) atoms. The van der Waals surface area contributed by atoms with Crippen molar-refractivity contribution in [3.05, 3.63) is 34.8 Å². The summed E-state index contributed by atoms with van der Waals surface area (Å²) in [5.74, 6) is 0.220. The van der Waals surface area contributed by atoms with Crippen molar-refractivity contribution >= 4 is 28.1 Å². The third-order valence-corrected chi connectivity index (χ3v) is 4.37. The molecule has 0 aliphatic carbocycles. The number of para-hydroxylation sites is 1. The zero-order chi connectivity index (χ0) is 13.9. The van der Waals surface area contributed by atoms with E-state index in [1.54, 1.807) is 0 Å². The highest BCUT2D eigenvalue weighted by atomic mass is 32.1. The van der Waals surface area contributed by atoms with Crippen LogP contribution in [-0.2, 0) is 11.2 Å². The Labute approximate surface area is 121 Å². The fourth-order valence-electron chi connectivity index (χ4n) is 2.38. The fraction of sp³-hybridized carbons (Fsp3) is 0.357. The first-order valence-electron chi connectivity index (χ1n) is 6.71. The number of aryl methyl sites for hydroxylation is 1. The summed E-state index contributed by atoms with van der Waals surface area (Å²) >= 11 is 1.43. The van der Waals surface area contributed by atoms with Gasteiger partial charge in [-0.25, -0.2) is 0 Å². The van der Waals surface area contributed by atoms with Gasteiger partial charge in [-0.1, -0.05) is 36.5 Å². The third-order valence-electron chi connectivity index (χ3n) is 3.39. The molecule has 0 radical (unpaired) electrons. The minimum absolute atomic E-state index is 0.00712. The van der Waals surface area contributed by atoms with Crippen molar-refractivity contribution in [1.82, 2.24) is 10.2 Å². The largest absolute Gasteiger partial charge is 0.384 e. The molecule has 1 aromatic heterocycles. The van der Waals surface area contributed by atoms with Gasteiger partial charge in [0, 0.05) is 24.6 Å². The lowest BCUT2D eigenvalue weighted by molar-refractivity contribution is -0.116. The maximum absolute atomic E-state index is 12.1. The minimum atomic E-state index is -0.00712. The van der Waals surface area contributed by atoms with E-state index in [1.165, 1.54) is 16.9 Å². The molecule has 1 atom stereocenters. The second-order valence-electron chi connectivity index (χ2n) is 4.77. The smallest absolute Gasteiger partial charge is 0.226 e. The van der Waals surface area contributed by atoms with Crippen molar-refractivity contribution < 1.29 is 4.79 Å². The van der Waals surface area contributed by atoms with E-state index in [0.717, 1.165) is 23.7 Å². The van der Waals surface area contributed by atoms with Crippen molar-refractivity contribution in [2.45, 2.75) is 25.7 Å². The summed E-state index contributed by atoms with van der Waals surface area (Å²) in [6, 6.07) is 8.13. The highest BCUT2D eigenvalue weighted by Gasteiger charge is 2.24. The van der Waals surface area contributed by atoms with Gasteiger partial charge in [0.1, 0.15) is 5.01 Å². The van der Waals surface area contributed by atoms with Gasteiger partial charge in [-0.2, -0.15) is 0 Å². The van der Waals surface area contributed by atoms with Crippen LogP contribution in [0.5, 0.6) is 0 Å². The molecule has 1 aliphatic heterocycles. The first-order chi connectivity index (χ1) is 9.76. The molecule has 0 bridgehead atoms. The van der Waals surface area contributed by atoms with E-state index in [2.05, 4.69) is 26.9 Å². The van der Waals surface area contributed by atoms with Gasteiger partial charge in [-0.05, 0) is 18.1 Å². The molecule has 0 saturated heterocycles. The Morgan fingerprint density at radius 3 is 3.10 bits per heavy atom. The highest BCUT2D eigenvalue weighted by Crippen LogP contribution is 2.33. The monoisotopic (exact) mass is 288 g/mol. The van der Waals surface area contributed by atoms with Crippen LogP contribution in [-0.4, -0.2) is 22.6 Å². The van der Waals surface area contributed by atoms with Gasteiger partial charge in [-0.15, -0.1) is 10.2 Å². The number of fused-ring (bicyclic) bond motifs is 1. The predicted molar refractivity (Wildman–Crippen MR) is 80.2 cm³/mol. The van der Waals surface area contributed by atoms with Gasteiger partial charge in [0.15, 0.2) is 0 Å². The van der Waals surface area contributed by atoms with Crippen molar-refractivity contribution in [1.29, 1.82) is 0 Å². The molecule has 5 nitrogen and oxygen atoms in total. The molecule has 2 heterocycles. The summed E-state index contributed by atoms with van der Waals surface area (Å²) in [4.78, 5) is 12.1. The van der Waals surface area contributed by atoms with Gasteiger partial charge in [-0.3, -0.25) is 4.79 Å². The maximum Gasteiger partial charge on any atom is 0.226 e. The lowest BCUT2D eigenvalue weighted by atomic mass is 9.98. The maximum atomic E-state index is 12.1. The van der Waals surface area contributed by atoms with Crippen LogP contribution in [0, 0.1) is 0 Å². The van der Waals surface area contributed by atoms with Gasteiger partial charge in [0.25, 0.3) is 0 Å². The average molecular weight is 288 g/mol. The van der Waals surface area contributed by atoms with E-state index in [1.807, 2.05) is 25.1 Å². The summed E-state index contributed by atoms with van der Waals surface area (Å²) < 4.78 is 0. The van der Waals surface area contributed by atoms with Crippen molar-refractivity contribution in [3.8, 4) is 0 Å². The topological polar surface area (TPSA) is 66.9 Å². The van der Waals surface area contributed by atoms with E-state index in [4.69, 9.17) is 0 Å². The summed E-state index contributed by atoms with van der Waals surface area (Å²) in [6.45, 7) is 2.83. The normalized spacial score (nSPS) is 16.6. The molecule has 0 spiro atoms. The second kappa shape index (κ2) is 5.58. The summed E-state index contributed by atoms with van der Waals surface area (Å²) in [7, 11) is 0. The fourth-order valence-corrected chi connectivity index (χ4v) is 3.08. The number of amides is 1. The number of carbonyl (C=O) groups excluding carboxylic acids is 1. The Balaban J connectivity index is 1.62. The molecule has 3 rings (SSSR count). The molecule has 1 aliphatic rings. The molecular formula is C14H16N4OS. The van der Waals surface area contributed by atoms with Crippen molar-refractivity contribution in [3.63, 3.8) is 0 Å². The van der Waals surface area contributed by atoms with Gasteiger partial charge < -0.3 is 10.6 Å². The zero-order valence-corrected chi connectivity index (χ0v) is 12.0. The molecule has 2 N–H and O–H groups in total. The Kier molecular flexibility index (Phi) is 3.64. The predicted octanol–water partition coefficient (Wildman–Crippen LogP) is 2.64. The number of benzene rings is 1. The molecular weight excluding hydrogens is 272 g/mol. The number of aromatic nitrogens is 2. The Morgan fingerprint density at radius 2 is 2.30 bits per heavy atom. The highest BCUT2D eigenvalue weighted by molar-refractivity contribution is 7.15. The number of rotatable bonds is 4.